The maximum atomic E-state index is 5.35. The van der Waals surface area contributed by atoms with E-state index < -0.39 is 0 Å². The van der Waals surface area contributed by atoms with Crippen molar-refractivity contribution in [1.29, 1.82) is 0 Å². The van der Waals surface area contributed by atoms with Crippen molar-refractivity contribution in [1.82, 2.24) is 5.32 Å². The molecular formula is C5H17ClN2. The predicted octanol–water partition coefficient (Wildman–Crippen LogP) is 0.611. The fraction of sp³-hybridized carbons (Fsp3) is 1.00. The molecule has 0 fully saturated rings. The second-order valence-electron chi connectivity index (χ2n) is 2.34. The lowest BCUT2D eigenvalue weighted by Crippen LogP contribution is -2.43. The molecule has 54 valence electrons. The highest BCUT2D eigenvalue weighted by atomic mass is 35.5. The Balaban J connectivity index is -0.000000180. The highest BCUT2D eigenvalue weighted by Gasteiger charge is 2.09. The lowest BCUT2D eigenvalue weighted by atomic mass is 10.1. The summed E-state index contributed by atoms with van der Waals surface area (Å²) in [6.07, 6.45) is 0. The Morgan fingerprint density at radius 2 is 2.00 bits per heavy atom. The number of nitrogens with one attached hydrogen (secondary N) is 1. The van der Waals surface area contributed by atoms with Crippen LogP contribution >= 0.6 is 12.4 Å². The average molecular weight is 141 g/mol. The number of hydrogen-bond acceptors (Lipinski definition) is 2. The molecule has 0 aromatic carbocycles. The summed E-state index contributed by atoms with van der Waals surface area (Å²) in [5, 5.41) is 3.07. The minimum absolute atomic E-state index is 0. The monoisotopic (exact) mass is 140 g/mol. The molecule has 0 unspecified atom stereocenters. The largest absolute Gasteiger partial charge is 0.329 e. The van der Waals surface area contributed by atoms with Gasteiger partial charge in [-0.1, -0.05) is 0 Å². The number of likely N-dealkylation sites (N-methyl/N-ethyl adjacent to an activating group) is 1. The Morgan fingerprint density at radius 1 is 1.62 bits per heavy atom. The summed E-state index contributed by atoms with van der Waals surface area (Å²) in [4.78, 5) is 0. The zero-order valence-corrected chi connectivity index (χ0v) is 6.51. The van der Waals surface area contributed by atoms with Crippen molar-refractivity contribution in [2.75, 3.05) is 13.6 Å². The standard InChI is InChI=1S/C5H14N2.ClH.H2/c1-5(2,4-6)7-3;;/h7H,4,6H2,1-3H3;2*1H. The van der Waals surface area contributed by atoms with Crippen LogP contribution in [0.1, 0.15) is 15.3 Å². The molecule has 2 nitrogen and oxygen atoms in total. The van der Waals surface area contributed by atoms with Gasteiger partial charge in [0.25, 0.3) is 0 Å². The third kappa shape index (κ3) is 4.37. The predicted molar refractivity (Wildman–Crippen MR) is 41.6 cm³/mol. The fourth-order valence-electron chi connectivity index (χ4n) is 0.102. The molecule has 0 saturated heterocycles. The van der Waals surface area contributed by atoms with E-state index in [9.17, 15) is 0 Å². The van der Waals surface area contributed by atoms with Gasteiger partial charge in [0, 0.05) is 13.5 Å². The normalized spacial score (nSPS) is 10.5. The first-order valence-corrected chi connectivity index (χ1v) is 2.51. The Labute approximate surface area is 58.7 Å². The van der Waals surface area contributed by atoms with Crippen LogP contribution in [0.4, 0.5) is 0 Å². The van der Waals surface area contributed by atoms with Gasteiger partial charge in [0.2, 0.25) is 0 Å². The Kier molecular flexibility index (Phi) is 5.71. The van der Waals surface area contributed by atoms with Crippen LogP contribution in [-0.2, 0) is 0 Å². The molecule has 8 heavy (non-hydrogen) atoms. The van der Waals surface area contributed by atoms with Gasteiger partial charge < -0.3 is 11.1 Å². The van der Waals surface area contributed by atoms with Gasteiger partial charge in [0.05, 0.1) is 0 Å². The number of rotatable bonds is 2. The number of hydrogen-bond donors (Lipinski definition) is 2. The van der Waals surface area contributed by atoms with E-state index in [1.54, 1.807) is 0 Å². The first-order valence-electron chi connectivity index (χ1n) is 2.51. The van der Waals surface area contributed by atoms with Gasteiger partial charge in [-0.05, 0) is 20.9 Å². The zero-order chi connectivity index (χ0) is 5.91. The Morgan fingerprint density at radius 3 is 2.00 bits per heavy atom. The first kappa shape index (κ1) is 11.1. The average Bonchev–Trinajstić information content (AvgIpc) is 1.68. The van der Waals surface area contributed by atoms with Gasteiger partial charge in [0.15, 0.2) is 0 Å². The molecule has 0 bridgehead atoms. The van der Waals surface area contributed by atoms with Crippen LogP contribution in [0.2, 0.25) is 0 Å². The maximum Gasteiger partial charge on any atom is 0.0244 e. The molecule has 0 saturated carbocycles. The van der Waals surface area contributed by atoms with Crippen molar-refractivity contribution in [2.24, 2.45) is 5.73 Å². The third-order valence-corrected chi connectivity index (χ3v) is 1.19. The summed E-state index contributed by atoms with van der Waals surface area (Å²) >= 11 is 0. The minimum Gasteiger partial charge on any atom is -0.329 e. The van der Waals surface area contributed by atoms with E-state index in [0.29, 0.717) is 6.54 Å². The Bertz CT molecular complexity index is 52.9. The smallest absolute Gasteiger partial charge is 0.0244 e. The molecule has 3 N–H and O–H groups in total. The van der Waals surface area contributed by atoms with E-state index in [1.807, 2.05) is 7.05 Å². The lowest BCUT2D eigenvalue weighted by Gasteiger charge is -2.20. The second kappa shape index (κ2) is 4.13. The van der Waals surface area contributed by atoms with Crippen LogP contribution < -0.4 is 11.1 Å². The van der Waals surface area contributed by atoms with Crippen molar-refractivity contribution >= 4 is 12.4 Å². The van der Waals surface area contributed by atoms with Gasteiger partial charge in [-0.15, -0.1) is 12.4 Å². The number of halogens is 1. The van der Waals surface area contributed by atoms with E-state index in [1.165, 1.54) is 0 Å². The molecule has 0 aliphatic heterocycles. The van der Waals surface area contributed by atoms with Crippen LogP contribution in [0, 0.1) is 0 Å². The highest BCUT2D eigenvalue weighted by molar-refractivity contribution is 5.85. The van der Waals surface area contributed by atoms with Crippen LogP contribution in [0.3, 0.4) is 0 Å². The van der Waals surface area contributed by atoms with Crippen LogP contribution in [0.25, 0.3) is 0 Å². The molecule has 0 aliphatic rings. The van der Waals surface area contributed by atoms with Crippen molar-refractivity contribution < 1.29 is 1.43 Å². The van der Waals surface area contributed by atoms with Crippen LogP contribution in [0.15, 0.2) is 0 Å². The van der Waals surface area contributed by atoms with Crippen molar-refractivity contribution in [2.45, 2.75) is 19.4 Å². The SMILES string of the molecule is CNC(C)(C)CN.Cl.[HH]. The summed E-state index contributed by atoms with van der Waals surface area (Å²) in [5.41, 5.74) is 5.47. The molecule has 0 spiro atoms. The number of nitrogens with two attached hydrogens (primary N) is 1. The van der Waals surface area contributed by atoms with Crippen molar-refractivity contribution in [3.8, 4) is 0 Å². The third-order valence-electron chi connectivity index (χ3n) is 1.19. The summed E-state index contributed by atoms with van der Waals surface area (Å²) in [7, 11) is 1.91. The highest BCUT2D eigenvalue weighted by Crippen LogP contribution is 1.93. The first-order chi connectivity index (χ1) is 3.12. The van der Waals surface area contributed by atoms with E-state index in [2.05, 4.69) is 19.2 Å². The molecule has 0 radical (unpaired) electrons. The summed E-state index contributed by atoms with van der Waals surface area (Å²) in [5.74, 6) is 0. The lowest BCUT2D eigenvalue weighted by molar-refractivity contribution is 0.436. The van der Waals surface area contributed by atoms with E-state index in [4.69, 9.17) is 5.73 Å². The van der Waals surface area contributed by atoms with E-state index in [-0.39, 0.29) is 19.4 Å². The topological polar surface area (TPSA) is 38.0 Å². The molecule has 0 aromatic heterocycles. The quantitative estimate of drug-likeness (QED) is 0.590. The van der Waals surface area contributed by atoms with Gasteiger partial charge in [-0.3, -0.25) is 0 Å². The van der Waals surface area contributed by atoms with E-state index in [0.717, 1.165) is 0 Å². The molecular weight excluding hydrogens is 124 g/mol. The molecule has 0 aromatic rings. The van der Waals surface area contributed by atoms with Gasteiger partial charge in [-0.2, -0.15) is 0 Å². The molecule has 0 atom stereocenters. The Hall–Kier alpha value is 0.210. The van der Waals surface area contributed by atoms with Crippen LogP contribution in [0.5, 0.6) is 0 Å². The summed E-state index contributed by atoms with van der Waals surface area (Å²) < 4.78 is 0. The van der Waals surface area contributed by atoms with Gasteiger partial charge in [0.1, 0.15) is 0 Å². The molecule has 0 rings (SSSR count). The molecule has 0 amide bonds. The van der Waals surface area contributed by atoms with Gasteiger partial charge in [-0.25, -0.2) is 0 Å². The summed E-state index contributed by atoms with van der Waals surface area (Å²) in [6, 6.07) is 0. The second-order valence-corrected chi connectivity index (χ2v) is 2.34. The zero-order valence-electron chi connectivity index (χ0n) is 5.69. The summed E-state index contributed by atoms with van der Waals surface area (Å²) in [6.45, 7) is 4.81. The van der Waals surface area contributed by atoms with Crippen molar-refractivity contribution in [3.05, 3.63) is 0 Å². The fourth-order valence-corrected chi connectivity index (χ4v) is 0.102. The molecule has 0 aliphatic carbocycles. The molecule has 3 heteroatoms. The minimum atomic E-state index is 0. The van der Waals surface area contributed by atoms with E-state index >= 15 is 0 Å². The van der Waals surface area contributed by atoms with Crippen LogP contribution in [-0.4, -0.2) is 19.1 Å². The van der Waals surface area contributed by atoms with Gasteiger partial charge >= 0.3 is 0 Å². The molecule has 0 heterocycles. The van der Waals surface area contributed by atoms with Crippen molar-refractivity contribution in [3.63, 3.8) is 0 Å². The maximum absolute atomic E-state index is 5.35.